The average molecular weight is 272 g/mol. The highest BCUT2D eigenvalue weighted by Gasteiger charge is 2.29. The van der Waals surface area contributed by atoms with E-state index in [0.717, 1.165) is 24.6 Å². The Labute approximate surface area is 121 Å². The summed E-state index contributed by atoms with van der Waals surface area (Å²) in [6, 6.07) is 6.42. The molecule has 0 aromatic carbocycles. The molecule has 1 aliphatic rings. The van der Waals surface area contributed by atoms with Crippen molar-refractivity contribution in [2.24, 2.45) is 11.7 Å². The molecule has 2 N–H and O–H groups in total. The summed E-state index contributed by atoms with van der Waals surface area (Å²) in [5.74, 6) is 1.46. The van der Waals surface area contributed by atoms with Crippen LogP contribution in [0.2, 0.25) is 0 Å². The molecule has 1 fully saturated rings. The summed E-state index contributed by atoms with van der Waals surface area (Å²) in [4.78, 5) is 6.97. The fourth-order valence-corrected chi connectivity index (χ4v) is 3.30. The molecule has 1 aliphatic carbocycles. The number of nitrogens with zero attached hydrogens (tertiary/aromatic N) is 3. The second kappa shape index (κ2) is 6.71. The molecule has 1 aromatic heterocycles. The minimum atomic E-state index is 0.458. The van der Waals surface area contributed by atoms with Crippen LogP contribution in [0.3, 0.4) is 0 Å². The molecular weight excluding hydrogens is 248 g/mol. The summed E-state index contributed by atoms with van der Waals surface area (Å²) < 4.78 is 0. The molecule has 0 amide bonds. The molecule has 0 spiro atoms. The monoisotopic (exact) mass is 272 g/mol. The standard InChI is InChI=1S/C16H24N4/c1-3-20(15-7-5-4-6-14(15)11-18)16-9-13(10-17)8-12(2)19-16/h8-9,14-15H,3-7,11,18H2,1-2H3. The zero-order valence-corrected chi connectivity index (χ0v) is 12.5. The van der Waals surface area contributed by atoms with Crippen LogP contribution in [0.5, 0.6) is 0 Å². The lowest BCUT2D eigenvalue weighted by molar-refractivity contribution is 0.299. The van der Waals surface area contributed by atoms with Gasteiger partial charge in [-0.05, 0) is 51.3 Å². The zero-order chi connectivity index (χ0) is 14.5. The molecule has 2 unspecified atom stereocenters. The van der Waals surface area contributed by atoms with Gasteiger partial charge in [0.15, 0.2) is 0 Å². The zero-order valence-electron chi connectivity index (χ0n) is 12.5. The minimum absolute atomic E-state index is 0.458. The van der Waals surface area contributed by atoms with E-state index in [2.05, 4.69) is 22.9 Å². The largest absolute Gasteiger partial charge is 0.354 e. The number of anilines is 1. The van der Waals surface area contributed by atoms with Gasteiger partial charge >= 0.3 is 0 Å². The Morgan fingerprint density at radius 3 is 2.80 bits per heavy atom. The summed E-state index contributed by atoms with van der Waals surface area (Å²) in [5.41, 5.74) is 7.54. The third-order valence-corrected chi connectivity index (χ3v) is 4.28. The van der Waals surface area contributed by atoms with Crippen LogP contribution in [-0.4, -0.2) is 24.1 Å². The van der Waals surface area contributed by atoms with E-state index >= 15 is 0 Å². The topological polar surface area (TPSA) is 65.9 Å². The number of nitriles is 1. The summed E-state index contributed by atoms with van der Waals surface area (Å²) in [7, 11) is 0. The Balaban J connectivity index is 2.31. The minimum Gasteiger partial charge on any atom is -0.354 e. The number of aromatic nitrogens is 1. The number of rotatable bonds is 4. The van der Waals surface area contributed by atoms with E-state index in [-0.39, 0.29) is 0 Å². The Bertz CT molecular complexity index is 492. The Hall–Kier alpha value is -1.60. The molecule has 2 atom stereocenters. The molecule has 2 rings (SSSR count). The predicted molar refractivity (Wildman–Crippen MR) is 81.5 cm³/mol. The maximum atomic E-state index is 9.13. The first-order valence-corrected chi connectivity index (χ1v) is 7.55. The van der Waals surface area contributed by atoms with Gasteiger partial charge in [-0.2, -0.15) is 5.26 Å². The van der Waals surface area contributed by atoms with Gasteiger partial charge in [0, 0.05) is 18.3 Å². The smallest absolute Gasteiger partial charge is 0.130 e. The maximum absolute atomic E-state index is 9.13. The molecule has 4 nitrogen and oxygen atoms in total. The van der Waals surface area contributed by atoms with Gasteiger partial charge in [0.1, 0.15) is 5.82 Å². The summed E-state index contributed by atoms with van der Waals surface area (Å²) in [6.45, 7) is 5.73. The molecule has 0 saturated heterocycles. The predicted octanol–water partition coefficient (Wildman–Crippen LogP) is 2.61. The van der Waals surface area contributed by atoms with Gasteiger partial charge in [0.2, 0.25) is 0 Å². The van der Waals surface area contributed by atoms with E-state index in [9.17, 15) is 0 Å². The second-order valence-corrected chi connectivity index (χ2v) is 5.60. The van der Waals surface area contributed by atoms with Crippen LogP contribution in [0.25, 0.3) is 0 Å². The number of aryl methyl sites for hydroxylation is 1. The second-order valence-electron chi connectivity index (χ2n) is 5.60. The van der Waals surface area contributed by atoms with Crippen LogP contribution in [0.1, 0.15) is 43.9 Å². The van der Waals surface area contributed by atoms with E-state index < -0.39 is 0 Å². The van der Waals surface area contributed by atoms with Gasteiger partial charge < -0.3 is 10.6 Å². The van der Waals surface area contributed by atoms with Gasteiger partial charge in [0.05, 0.1) is 11.6 Å². The first-order valence-electron chi connectivity index (χ1n) is 7.55. The van der Waals surface area contributed by atoms with Crippen molar-refractivity contribution in [3.8, 4) is 6.07 Å². The Morgan fingerprint density at radius 1 is 1.40 bits per heavy atom. The number of hydrogen-bond donors (Lipinski definition) is 1. The lowest BCUT2D eigenvalue weighted by atomic mass is 9.83. The molecule has 0 radical (unpaired) electrons. The van der Waals surface area contributed by atoms with E-state index in [1.54, 1.807) is 0 Å². The average Bonchev–Trinajstić information content (AvgIpc) is 2.48. The van der Waals surface area contributed by atoms with Crippen LogP contribution < -0.4 is 10.6 Å². The normalized spacial score (nSPS) is 22.3. The highest BCUT2D eigenvalue weighted by Crippen LogP contribution is 2.30. The van der Waals surface area contributed by atoms with E-state index in [1.807, 2.05) is 19.1 Å². The lowest BCUT2D eigenvalue weighted by Gasteiger charge is -2.40. The van der Waals surface area contributed by atoms with E-state index in [4.69, 9.17) is 11.0 Å². The van der Waals surface area contributed by atoms with E-state index in [1.165, 1.54) is 25.7 Å². The van der Waals surface area contributed by atoms with Crippen molar-refractivity contribution in [3.63, 3.8) is 0 Å². The van der Waals surface area contributed by atoms with Crippen LogP contribution in [0.15, 0.2) is 12.1 Å². The van der Waals surface area contributed by atoms with Gasteiger partial charge in [-0.1, -0.05) is 12.8 Å². The SMILES string of the molecule is CCN(c1cc(C#N)cc(C)n1)C1CCCCC1CN. The molecule has 1 aromatic rings. The van der Waals surface area contributed by atoms with Crippen molar-refractivity contribution in [2.75, 3.05) is 18.0 Å². The molecular formula is C16H24N4. The highest BCUT2D eigenvalue weighted by atomic mass is 15.2. The van der Waals surface area contributed by atoms with Crippen molar-refractivity contribution < 1.29 is 0 Å². The van der Waals surface area contributed by atoms with Crippen molar-refractivity contribution >= 4 is 5.82 Å². The number of pyridine rings is 1. The Morgan fingerprint density at radius 2 is 2.15 bits per heavy atom. The van der Waals surface area contributed by atoms with E-state index in [0.29, 0.717) is 17.5 Å². The first kappa shape index (κ1) is 14.8. The highest BCUT2D eigenvalue weighted by molar-refractivity contribution is 5.47. The fourth-order valence-electron chi connectivity index (χ4n) is 3.30. The van der Waals surface area contributed by atoms with Crippen molar-refractivity contribution in [1.82, 2.24) is 4.98 Å². The van der Waals surface area contributed by atoms with Gasteiger partial charge in [0.25, 0.3) is 0 Å². The van der Waals surface area contributed by atoms with Gasteiger partial charge in [-0.25, -0.2) is 4.98 Å². The van der Waals surface area contributed by atoms with Gasteiger partial charge in [-0.3, -0.25) is 0 Å². The molecule has 108 valence electrons. The first-order chi connectivity index (χ1) is 9.69. The number of nitrogens with two attached hydrogens (primary N) is 1. The summed E-state index contributed by atoms with van der Waals surface area (Å²) in [5, 5.41) is 9.13. The van der Waals surface area contributed by atoms with Crippen LogP contribution in [0, 0.1) is 24.2 Å². The van der Waals surface area contributed by atoms with Crippen molar-refractivity contribution in [2.45, 2.75) is 45.6 Å². The molecule has 20 heavy (non-hydrogen) atoms. The fraction of sp³-hybridized carbons (Fsp3) is 0.625. The third-order valence-electron chi connectivity index (χ3n) is 4.28. The van der Waals surface area contributed by atoms with Crippen molar-refractivity contribution in [1.29, 1.82) is 5.26 Å². The van der Waals surface area contributed by atoms with Crippen LogP contribution in [-0.2, 0) is 0 Å². The molecule has 0 bridgehead atoms. The molecule has 4 heteroatoms. The van der Waals surface area contributed by atoms with Crippen LogP contribution >= 0.6 is 0 Å². The molecule has 0 aliphatic heterocycles. The molecule has 1 saturated carbocycles. The quantitative estimate of drug-likeness (QED) is 0.915. The summed E-state index contributed by atoms with van der Waals surface area (Å²) in [6.07, 6.45) is 4.91. The van der Waals surface area contributed by atoms with Gasteiger partial charge in [-0.15, -0.1) is 0 Å². The Kier molecular flexibility index (Phi) is 4.97. The maximum Gasteiger partial charge on any atom is 0.130 e. The number of hydrogen-bond acceptors (Lipinski definition) is 4. The lowest BCUT2D eigenvalue weighted by Crippen LogP contribution is -2.45. The third kappa shape index (κ3) is 3.10. The molecule has 1 heterocycles. The van der Waals surface area contributed by atoms with Crippen LogP contribution in [0.4, 0.5) is 5.82 Å². The van der Waals surface area contributed by atoms with Crippen molar-refractivity contribution in [3.05, 3.63) is 23.4 Å². The summed E-state index contributed by atoms with van der Waals surface area (Å²) >= 11 is 0.